The molecule has 78 valence electrons. The first-order valence-corrected chi connectivity index (χ1v) is 6.01. The normalized spacial score (nSPS) is 31.9. The van der Waals surface area contributed by atoms with Crippen LogP contribution in [0.25, 0.3) is 0 Å². The highest BCUT2D eigenvalue weighted by Crippen LogP contribution is 2.17. The van der Waals surface area contributed by atoms with Gasteiger partial charge in [-0.05, 0) is 6.92 Å². The van der Waals surface area contributed by atoms with Crippen LogP contribution in [0.1, 0.15) is 6.92 Å². The van der Waals surface area contributed by atoms with Gasteiger partial charge >= 0.3 is 0 Å². The molecule has 0 aromatic heterocycles. The van der Waals surface area contributed by atoms with Gasteiger partial charge in [-0.1, -0.05) is 0 Å². The molecule has 0 amide bonds. The van der Waals surface area contributed by atoms with E-state index in [0.717, 1.165) is 0 Å². The quantitative estimate of drug-likeness (QED) is 0.631. The van der Waals surface area contributed by atoms with E-state index in [1.54, 1.807) is 0 Å². The van der Waals surface area contributed by atoms with Gasteiger partial charge in [0.1, 0.15) is 0 Å². The molecule has 0 aliphatic carbocycles. The van der Waals surface area contributed by atoms with Crippen LogP contribution in [0.5, 0.6) is 0 Å². The summed E-state index contributed by atoms with van der Waals surface area (Å²) >= 11 is 0. The second-order valence-electron chi connectivity index (χ2n) is 3.60. The van der Waals surface area contributed by atoms with Crippen molar-refractivity contribution in [3.05, 3.63) is 0 Å². The highest BCUT2D eigenvalue weighted by Gasteiger charge is 2.34. The van der Waals surface area contributed by atoms with E-state index in [2.05, 4.69) is 0 Å². The molecule has 0 radical (unpaired) electrons. The molecule has 1 rings (SSSR count). The van der Waals surface area contributed by atoms with Gasteiger partial charge in [-0.15, -0.1) is 0 Å². The lowest BCUT2D eigenvalue weighted by Crippen LogP contribution is -2.55. The van der Waals surface area contributed by atoms with E-state index < -0.39 is 15.6 Å². The maximum absolute atomic E-state index is 11.2. The number of hydrogen-bond acceptors (Lipinski definition) is 4. The van der Waals surface area contributed by atoms with E-state index in [1.807, 2.05) is 6.92 Å². The van der Waals surface area contributed by atoms with E-state index in [0.29, 0.717) is 26.2 Å². The number of rotatable bonds is 2. The summed E-state index contributed by atoms with van der Waals surface area (Å²) in [5.41, 5.74) is 4.97. The Bertz CT molecular complexity index is 277. The van der Waals surface area contributed by atoms with Crippen molar-refractivity contribution in [2.24, 2.45) is 5.73 Å². The molecule has 1 aliphatic heterocycles. The zero-order valence-electron chi connectivity index (χ0n) is 7.99. The van der Waals surface area contributed by atoms with Crippen molar-refractivity contribution < 1.29 is 13.2 Å². The molecule has 2 N–H and O–H groups in total. The summed E-state index contributed by atoms with van der Waals surface area (Å²) in [7, 11) is -3.11. The van der Waals surface area contributed by atoms with Crippen LogP contribution in [0.4, 0.5) is 0 Å². The largest absolute Gasteiger partial charge is 0.371 e. The van der Waals surface area contributed by atoms with E-state index in [4.69, 9.17) is 10.5 Å². The van der Waals surface area contributed by atoms with Crippen LogP contribution in [-0.2, 0) is 14.8 Å². The summed E-state index contributed by atoms with van der Waals surface area (Å²) in [6.45, 7) is 3.35. The third-order valence-corrected chi connectivity index (χ3v) is 3.45. The molecule has 0 spiro atoms. The Morgan fingerprint density at radius 3 is 2.69 bits per heavy atom. The van der Waals surface area contributed by atoms with Crippen molar-refractivity contribution >= 4 is 10.0 Å². The van der Waals surface area contributed by atoms with Crippen LogP contribution in [0, 0.1) is 0 Å². The highest BCUT2D eigenvalue weighted by molar-refractivity contribution is 7.88. The zero-order valence-corrected chi connectivity index (χ0v) is 8.80. The Labute approximate surface area is 78.9 Å². The Balaban J connectivity index is 2.73. The monoisotopic (exact) mass is 208 g/mol. The van der Waals surface area contributed by atoms with Gasteiger partial charge in [-0.2, -0.15) is 4.31 Å². The van der Waals surface area contributed by atoms with Gasteiger partial charge in [0, 0.05) is 19.6 Å². The minimum atomic E-state index is -3.11. The first kappa shape index (κ1) is 10.9. The van der Waals surface area contributed by atoms with E-state index in [1.165, 1.54) is 10.6 Å². The molecule has 1 saturated heterocycles. The lowest BCUT2D eigenvalue weighted by atomic mass is 10.1. The van der Waals surface area contributed by atoms with Crippen LogP contribution in [-0.4, -0.2) is 50.8 Å². The molecular formula is C7H16N2O3S. The number of ether oxygens (including phenoxy) is 1. The second-order valence-corrected chi connectivity index (χ2v) is 5.58. The van der Waals surface area contributed by atoms with Crippen molar-refractivity contribution in [1.82, 2.24) is 4.31 Å². The SMILES string of the molecule is CC1(CN)CN(S(C)(=O)=O)CCO1. The fourth-order valence-electron chi connectivity index (χ4n) is 1.30. The number of hydrogen-bond donors (Lipinski definition) is 1. The highest BCUT2D eigenvalue weighted by atomic mass is 32.2. The van der Waals surface area contributed by atoms with Crippen LogP contribution >= 0.6 is 0 Å². The summed E-state index contributed by atoms with van der Waals surface area (Å²) in [5.74, 6) is 0. The first-order valence-electron chi connectivity index (χ1n) is 4.16. The zero-order chi connectivity index (χ0) is 10.1. The minimum Gasteiger partial charge on any atom is -0.371 e. The maximum atomic E-state index is 11.2. The first-order chi connectivity index (χ1) is 5.87. The molecule has 1 heterocycles. The minimum absolute atomic E-state index is 0.332. The number of nitrogens with two attached hydrogens (primary N) is 1. The molecule has 13 heavy (non-hydrogen) atoms. The number of morpholine rings is 1. The summed E-state index contributed by atoms with van der Waals surface area (Å²) in [6.07, 6.45) is 1.20. The summed E-state index contributed by atoms with van der Waals surface area (Å²) in [5, 5.41) is 0. The summed E-state index contributed by atoms with van der Waals surface area (Å²) in [4.78, 5) is 0. The summed E-state index contributed by atoms with van der Waals surface area (Å²) in [6, 6.07) is 0. The Kier molecular flexibility index (Phi) is 2.96. The Hall–Kier alpha value is -0.170. The lowest BCUT2D eigenvalue weighted by Gasteiger charge is -2.38. The average molecular weight is 208 g/mol. The average Bonchev–Trinajstić information content (AvgIpc) is 2.03. The van der Waals surface area contributed by atoms with Crippen molar-refractivity contribution in [3.63, 3.8) is 0 Å². The fraction of sp³-hybridized carbons (Fsp3) is 1.00. The van der Waals surface area contributed by atoms with Gasteiger partial charge in [0.25, 0.3) is 0 Å². The van der Waals surface area contributed by atoms with Gasteiger partial charge in [0.15, 0.2) is 0 Å². The third kappa shape index (κ3) is 2.63. The molecule has 0 saturated carbocycles. The van der Waals surface area contributed by atoms with Crippen LogP contribution in [0.3, 0.4) is 0 Å². The molecule has 5 nitrogen and oxygen atoms in total. The topological polar surface area (TPSA) is 72.6 Å². The molecule has 0 aromatic carbocycles. The molecule has 1 fully saturated rings. The Morgan fingerprint density at radius 1 is 1.62 bits per heavy atom. The predicted octanol–water partition coefficient (Wildman–Crippen LogP) is -1.00. The Morgan fingerprint density at radius 2 is 2.23 bits per heavy atom. The van der Waals surface area contributed by atoms with E-state index >= 15 is 0 Å². The van der Waals surface area contributed by atoms with Crippen molar-refractivity contribution in [1.29, 1.82) is 0 Å². The van der Waals surface area contributed by atoms with Crippen LogP contribution in [0.15, 0.2) is 0 Å². The predicted molar refractivity (Wildman–Crippen MR) is 49.8 cm³/mol. The lowest BCUT2D eigenvalue weighted by molar-refractivity contribution is -0.0700. The molecule has 0 aromatic rings. The summed E-state index contributed by atoms with van der Waals surface area (Å²) < 4.78 is 29.3. The maximum Gasteiger partial charge on any atom is 0.211 e. The van der Waals surface area contributed by atoms with Crippen molar-refractivity contribution in [2.75, 3.05) is 32.5 Å². The fourth-order valence-corrected chi connectivity index (χ4v) is 2.21. The standard InChI is InChI=1S/C7H16N2O3S/c1-7(5-8)6-9(3-4-12-7)13(2,10)11/h3-6,8H2,1-2H3. The van der Waals surface area contributed by atoms with Crippen molar-refractivity contribution in [3.8, 4) is 0 Å². The van der Waals surface area contributed by atoms with Gasteiger partial charge in [0.05, 0.1) is 18.5 Å². The number of sulfonamides is 1. The molecule has 0 bridgehead atoms. The van der Waals surface area contributed by atoms with Crippen LogP contribution in [0.2, 0.25) is 0 Å². The molecule has 1 unspecified atom stereocenters. The van der Waals surface area contributed by atoms with Gasteiger partial charge in [-0.3, -0.25) is 0 Å². The molecule has 6 heteroatoms. The van der Waals surface area contributed by atoms with Gasteiger partial charge in [0.2, 0.25) is 10.0 Å². The van der Waals surface area contributed by atoms with Crippen molar-refractivity contribution in [2.45, 2.75) is 12.5 Å². The smallest absolute Gasteiger partial charge is 0.211 e. The van der Waals surface area contributed by atoms with E-state index in [9.17, 15) is 8.42 Å². The van der Waals surface area contributed by atoms with E-state index in [-0.39, 0.29) is 0 Å². The second kappa shape index (κ2) is 3.53. The third-order valence-electron chi connectivity index (χ3n) is 2.20. The van der Waals surface area contributed by atoms with Gasteiger partial charge < -0.3 is 10.5 Å². The van der Waals surface area contributed by atoms with Crippen LogP contribution < -0.4 is 5.73 Å². The molecule has 1 aliphatic rings. The molecular weight excluding hydrogens is 192 g/mol. The van der Waals surface area contributed by atoms with Gasteiger partial charge in [-0.25, -0.2) is 8.42 Å². The number of nitrogens with zero attached hydrogens (tertiary/aromatic N) is 1. The molecule has 1 atom stereocenters.